The van der Waals surface area contributed by atoms with Crippen LogP contribution in [0, 0.1) is 0 Å². The zero-order valence-corrected chi connectivity index (χ0v) is 16.6. The lowest BCUT2D eigenvalue weighted by molar-refractivity contribution is -0.165. The average molecular weight is 382 g/mol. The molecule has 0 saturated carbocycles. The summed E-state index contributed by atoms with van der Waals surface area (Å²) in [4.78, 5) is 37.9. The van der Waals surface area contributed by atoms with Gasteiger partial charge in [0.2, 0.25) is 6.10 Å². The molecule has 0 aliphatic carbocycles. The smallest absolute Gasteiger partial charge is 0.306 e. The molecule has 0 bridgehead atoms. The molecule has 28 heavy (non-hydrogen) atoms. The summed E-state index contributed by atoms with van der Waals surface area (Å²) in [6.45, 7) is 7.03. The number of carbonyl (C=O) groups excluding carboxylic acids is 3. The highest BCUT2D eigenvalue weighted by atomic mass is 16.5. The summed E-state index contributed by atoms with van der Waals surface area (Å²) in [6.07, 6.45) is -1.01. The molecule has 2 aromatic rings. The van der Waals surface area contributed by atoms with E-state index in [9.17, 15) is 14.4 Å². The van der Waals surface area contributed by atoms with E-state index in [-0.39, 0.29) is 6.42 Å². The Morgan fingerprint density at radius 1 is 0.964 bits per heavy atom. The van der Waals surface area contributed by atoms with E-state index in [4.69, 9.17) is 4.74 Å². The molecule has 6 heteroatoms. The number of nitrogens with one attached hydrogen (secondary N) is 1. The van der Waals surface area contributed by atoms with Crippen LogP contribution >= 0.6 is 0 Å². The van der Waals surface area contributed by atoms with Crippen molar-refractivity contribution in [2.45, 2.75) is 45.8 Å². The highest BCUT2D eigenvalue weighted by molar-refractivity contribution is 5.96. The van der Waals surface area contributed by atoms with Gasteiger partial charge in [-0.05, 0) is 32.9 Å². The van der Waals surface area contributed by atoms with Crippen molar-refractivity contribution in [3.05, 3.63) is 71.8 Å². The Bertz CT molecular complexity index is 813. The number of esters is 1. The Kier molecular flexibility index (Phi) is 6.93. The van der Waals surface area contributed by atoms with Crippen LogP contribution in [0.1, 0.15) is 56.1 Å². The van der Waals surface area contributed by atoms with E-state index in [1.54, 1.807) is 82.3 Å². The summed E-state index contributed by atoms with van der Waals surface area (Å²) in [5, 5.41) is 1.23. The van der Waals surface area contributed by atoms with Crippen molar-refractivity contribution < 1.29 is 19.1 Å². The van der Waals surface area contributed by atoms with Crippen LogP contribution in [0.15, 0.2) is 60.7 Å². The van der Waals surface area contributed by atoms with Crippen LogP contribution in [-0.2, 0) is 14.3 Å². The van der Waals surface area contributed by atoms with Crippen LogP contribution in [0.5, 0.6) is 0 Å². The highest BCUT2D eigenvalue weighted by Gasteiger charge is 2.36. The molecular weight excluding hydrogens is 356 g/mol. The number of benzene rings is 2. The van der Waals surface area contributed by atoms with Gasteiger partial charge in [0.25, 0.3) is 11.8 Å². The first-order chi connectivity index (χ1) is 13.2. The first kappa shape index (κ1) is 21.2. The fourth-order valence-corrected chi connectivity index (χ4v) is 2.53. The standard InChI is InChI=1S/C22H26N2O4/c1-5-18(25)28-19(16-12-8-6-9-13-16)21(27)24(22(2,3)4)23-20(26)17-14-10-7-11-15-17/h6-15,19H,5H2,1-4H3,(H,23,26). The number of amides is 2. The van der Waals surface area contributed by atoms with Crippen molar-refractivity contribution in [2.24, 2.45) is 0 Å². The molecule has 0 aromatic heterocycles. The van der Waals surface area contributed by atoms with Crippen molar-refractivity contribution in [1.29, 1.82) is 0 Å². The van der Waals surface area contributed by atoms with Gasteiger partial charge in [0.05, 0.1) is 5.54 Å². The van der Waals surface area contributed by atoms with E-state index in [0.29, 0.717) is 11.1 Å². The van der Waals surface area contributed by atoms with Gasteiger partial charge in [-0.25, -0.2) is 5.01 Å². The van der Waals surface area contributed by atoms with Gasteiger partial charge in [0, 0.05) is 17.5 Å². The number of ether oxygens (including phenoxy) is 1. The summed E-state index contributed by atoms with van der Waals surface area (Å²) in [6, 6.07) is 17.4. The second kappa shape index (κ2) is 9.17. The number of hydrogen-bond acceptors (Lipinski definition) is 4. The van der Waals surface area contributed by atoms with Gasteiger partial charge in [-0.1, -0.05) is 55.5 Å². The summed E-state index contributed by atoms with van der Waals surface area (Å²) in [7, 11) is 0. The third-order valence-electron chi connectivity index (χ3n) is 4.01. The Hall–Kier alpha value is -3.15. The van der Waals surface area contributed by atoms with Gasteiger partial charge in [0.1, 0.15) is 0 Å². The van der Waals surface area contributed by atoms with Crippen molar-refractivity contribution in [3.8, 4) is 0 Å². The van der Waals surface area contributed by atoms with Gasteiger partial charge < -0.3 is 4.74 Å². The number of rotatable bonds is 5. The minimum absolute atomic E-state index is 0.141. The van der Waals surface area contributed by atoms with E-state index in [1.165, 1.54) is 5.01 Å². The van der Waals surface area contributed by atoms with Gasteiger partial charge in [0.15, 0.2) is 0 Å². The lowest BCUT2D eigenvalue weighted by atomic mass is 10.0. The summed E-state index contributed by atoms with van der Waals surface area (Å²) in [5.41, 5.74) is 2.89. The molecule has 0 saturated heterocycles. The molecule has 2 aromatic carbocycles. The van der Waals surface area contributed by atoms with Crippen LogP contribution in [0.4, 0.5) is 0 Å². The van der Waals surface area contributed by atoms with Crippen LogP contribution < -0.4 is 5.43 Å². The van der Waals surface area contributed by atoms with Crippen molar-refractivity contribution in [2.75, 3.05) is 0 Å². The topological polar surface area (TPSA) is 75.7 Å². The molecule has 1 atom stereocenters. The molecule has 0 aliphatic heterocycles. The minimum atomic E-state index is -1.15. The fourth-order valence-electron chi connectivity index (χ4n) is 2.53. The maximum Gasteiger partial charge on any atom is 0.306 e. The van der Waals surface area contributed by atoms with Crippen molar-refractivity contribution in [1.82, 2.24) is 10.4 Å². The first-order valence-corrected chi connectivity index (χ1v) is 9.18. The van der Waals surface area contributed by atoms with E-state index in [0.717, 1.165) is 0 Å². The van der Waals surface area contributed by atoms with Crippen LogP contribution in [-0.4, -0.2) is 28.3 Å². The first-order valence-electron chi connectivity index (χ1n) is 9.18. The Morgan fingerprint density at radius 3 is 2.00 bits per heavy atom. The molecule has 0 fully saturated rings. The Balaban J connectivity index is 2.35. The second-order valence-electron chi connectivity index (χ2n) is 7.29. The third kappa shape index (κ3) is 5.42. The molecule has 1 unspecified atom stereocenters. The van der Waals surface area contributed by atoms with E-state index in [2.05, 4.69) is 5.43 Å². The zero-order chi connectivity index (χ0) is 20.7. The van der Waals surface area contributed by atoms with Gasteiger partial charge in [-0.2, -0.15) is 0 Å². The predicted octanol–water partition coefficient (Wildman–Crippen LogP) is 3.65. The average Bonchev–Trinajstić information content (AvgIpc) is 2.69. The third-order valence-corrected chi connectivity index (χ3v) is 4.01. The number of hydrogen-bond donors (Lipinski definition) is 1. The molecule has 0 spiro atoms. The van der Waals surface area contributed by atoms with E-state index < -0.39 is 29.4 Å². The van der Waals surface area contributed by atoms with Crippen LogP contribution in [0.2, 0.25) is 0 Å². The number of nitrogens with zero attached hydrogens (tertiary/aromatic N) is 1. The monoisotopic (exact) mass is 382 g/mol. The molecule has 6 nitrogen and oxygen atoms in total. The van der Waals surface area contributed by atoms with Crippen LogP contribution in [0.3, 0.4) is 0 Å². The Labute approximate surface area is 165 Å². The normalized spacial score (nSPS) is 12.0. The molecule has 2 rings (SSSR count). The molecule has 148 valence electrons. The van der Waals surface area contributed by atoms with Crippen molar-refractivity contribution in [3.63, 3.8) is 0 Å². The quantitative estimate of drug-likeness (QED) is 0.633. The SMILES string of the molecule is CCC(=O)OC(C(=O)N(NC(=O)c1ccccc1)C(C)(C)C)c1ccccc1. The minimum Gasteiger partial charge on any atom is -0.447 e. The predicted molar refractivity (Wildman–Crippen MR) is 106 cm³/mol. The summed E-state index contributed by atoms with van der Waals surface area (Å²) in [5.74, 6) is -1.44. The molecule has 2 amide bonds. The zero-order valence-electron chi connectivity index (χ0n) is 16.6. The maximum absolute atomic E-state index is 13.3. The number of carbonyl (C=O) groups is 3. The van der Waals surface area contributed by atoms with Gasteiger partial charge in [-0.3, -0.25) is 19.8 Å². The van der Waals surface area contributed by atoms with Gasteiger partial charge >= 0.3 is 5.97 Å². The largest absolute Gasteiger partial charge is 0.447 e. The lowest BCUT2D eigenvalue weighted by Gasteiger charge is -2.37. The number of hydrazine groups is 1. The summed E-state index contributed by atoms with van der Waals surface area (Å²) >= 11 is 0. The molecular formula is C22H26N2O4. The summed E-state index contributed by atoms with van der Waals surface area (Å²) < 4.78 is 5.43. The van der Waals surface area contributed by atoms with E-state index >= 15 is 0 Å². The van der Waals surface area contributed by atoms with E-state index in [1.807, 2.05) is 6.07 Å². The molecule has 0 heterocycles. The fraction of sp³-hybridized carbons (Fsp3) is 0.318. The molecule has 0 radical (unpaired) electrons. The van der Waals surface area contributed by atoms with Crippen molar-refractivity contribution >= 4 is 17.8 Å². The van der Waals surface area contributed by atoms with Crippen LogP contribution in [0.25, 0.3) is 0 Å². The highest BCUT2D eigenvalue weighted by Crippen LogP contribution is 2.24. The second-order valence-corrected chi connectivity index (χ2v) is 7.29. The van der Waals surface area contributed by atoms with Gasteiger partial charge in [-0.15, -0.1) is 0 Å². The Morgan fingerprint density at radius 2 is 1.50 bits per heavy atom. The molecule has 1 N–H and O–H groups in total. The lowest BCUT2D eigenvalue weighted by Crippen LogP contribution is -2.57. The maximum atomic E-state index is 13.3. The molecule has 0 aliphatic rings.